The number of carbonyl (C=O) groups is 1. The Labute approximate surface area is 142 Å². The molecule has 4 heteroatoms. The van der Waals surface area contributed by atoms with Crippen molar-refractivity contribution < 1.29 is 4.79 Å². The topological polar surface area (TPSA) is 35.6 Å². The van der Waals surface area contributed by atoms with Gasteiger partial charge in [0.05, 0.1) is 5.69 Å². The van der Waals surface area contributed by atoms with Crippen LogP contribution in [0.3, 0.4) is 0 Å². The number of nitrogens with one attached hydrogen (secondary N) is 1. The second-order valence-electron chi connectivity index (χ2n) is 5.70. The van der Waals surface area contributed by atoms with Crippen LogP contribution in [-0.4, -0.2) is 27.2 Å². The number of hydrogen-bond donors (Lipinski definition) is 1. The van der Waals surface area contributed by atoms with Crippen LogP contribution in [-0.2, 0) is 0 Å². The highest BCUT2D eigenvalue weighted by Gasteiger charge is 2.18. The minimum Gasteiger partial charge on any atom is -0.388 e. The first-order valence-electron chi connectivity index (χ1n) is 7.89. The van der Waals surface area contributed by atoms with E-state index < -0.39 is 0 Å². The van der Waals surface area contributed by atoms with E-state index >= 15 is 0 Å². The molecule has 1 N–H and O–H groups in total. The van der Waals surface area contributed by atoms with Crippen LogP contribution in [0, 0.1) is 0 Å². The van der Waals surface area contributed by atoms with E-state index in [9.17, 15) is 4.79 Å². The zero-order chi connectivity index (χ0) is 17.1. The van der Waals surface area contributed by atoms with Gasteiger partial charge >= 0.3 is 6.03 Å². The molecule has 3 aromatic carbocycles. The molecule has 2 amide bonds. The van der Waals surface area contributed by atoms with Gasteiger partial charge in [-0.2, -0.15) is 0 Å². The van der Waals surface area contributed by atoms with Gasteiger partial charge in [-0.3, -0.25) is 9.80 Å². The molecule has 0 saturated heterocycles. The summed E-state index contributed by atoms with van der Waals surface area (Å²) in [5.41, 5.74) is 2.77. The van der Waals surface area contributed by atoms with Gasteiger partial charge in [-0.25, -0.2) is 4.79 Å². The summed E-state index contributed by atoms with van der Waals surface area (Å²) in [4.78, 5) is 16.2. The van der Waals surface area contributed by atoms with Crippen molar-refractivity contribution in [1.82, 2.24) is 0 Å². The van der Waals surface area contributed by atoms with Crippen LogP contribution in [0.25, 0.3) is 10.8 Å². The molecule has 24 heavy (non-hydrogen) atoms. The summed E-state index contributed by atoms with van der Waals surface area (Å²) >= 11 is 0. The first-order chi connectivity index (χ1) is 11.6. The number of carbonyl (C=O) groups excluding carboxylic acids is 1. The van der Waals surface area contributed by atoms with Crippen LogP contribution in [0.2, 0.25) is 0 Å². The molecule has 0 aliphatic rings. The van der Waals surface area contributed by atoms with E-state index in [1.807, 2.05) is 68.7 Å². The Balaban J connectivity index is 1.90. The molecule has 0 saturated carbocycles. The summed E-state index contributed by atoms with van der Waals surface area (Å²) in [7, 11) is 5.47. The maximum absolute atomic E-state index is 12.9. The maximum Gasteiger partial charge on any atom is 0.328 e. The van der Waals surface area contributed by atoms with Crippen LogP contribution in [0.1, 0.15) is 0 Å². The van der Waals surface area contributed by atoms with Gasteiger partial charge in [0.15, 0.2) is 0 Å². The molecule has 0 aliphatic heterocycles. The first kappa shape index (κ1) is 15.9. The third-order valence-electron chi connectivity index (χ3n) is 4.25. The lowest BCUT2D eigenvalue weighted by Gasteiger charge is -2.26. The average molecular weight is 319 g/mol. The third-order valence-corrected chi connectivity index (χ3v) is 4.25. The molecule has 122 valence electrons. The molecule has 4 nitrogen and oxygen atoms in total. The lowest BCUT2D eigenvalue weighted by atomic mass is 10.1. The van der Waals surface area contributed by atoms with Gasteiger partial charge in [0.25, 0.3) is 0 Å². The second-order valence-corrected chi connectivity index (χ2v) is 5.70. The SMILES string of the molecule is CNc1ccc(N(C)C(=O)N(C)c2cccc3ccccc23)cc1. The summed E-state index contributed by atoms with van der Waals surface area (Å²) in [6, 6.07) is 21.8. The van der Waals surface area contributed by atoms with E-state index in [4.69, 9.17) is 0 Å². The fourth-order valence-electron chi connectivity index (χ4n) is 2.79. The van der Waals surface area contributed by atoms with Crippen LogP contribution in [0.15, 0.2) is 66.7 Å². The van der Waals surface area contributed by atoms with Gasteiger partial charge in [0.2, 0.25) is 0 Å². The number of hydrogen-bond acceptors (Lipinski definition) is 2. The summed E-state index contributed by atoms with van der Waals surface area (Å²) < 4.78 is 0. The van der Waals surface area contributed by atoms with Crippen molar-refractivity contribution in [1.29, 1.82) is 0 Å². The van der Waals surface area contributed by atoms with Crippen molar-refractivity contribution in [2.24, 2.45) is 0 Å². The largest absolute Gasteiger partial charge is 0.388 e. The van der Waals surface area contributed by atoms with Gasteiger partial charge in [-0.05, 0) is 35.7 Å². The van der Waals surface area contributed by atoms with Crippen LogP contribution >= 0.6 is 0 Å². The highest BCUT2D eigenvalue weighted by Crippen LogP contribution is 2.27. The predicted molar refractivity (Wildman–Crippen MR) is 102 cm³/mol. The molecule has 3 rings (SSSR count). The lowest BCUT2D eigenvalue weighted by molar-refractivity contribution is 0.253. The molecule has 0 aliphatic carbocycles. The smallest absolute Gasteiger partial charge is 0.328 e. The van der Waals surface area contributed by atoms with Crippen molar-refractivity contribution in [2.45, 2.75) is 0 Å². The van der Waals surface area contributed by atoms with Crippen LogP contribution in [0.5, 0.6) is 0 Å². The Kier molecular flexibility index (Phi) is 4.38. The van der Waals surface area contributed by atoms with E-state index in [-0.39, 0.29) is 6.03 Å². The maximum atomic E-state index is 12.9. The van der Waals surface area contributed by atoms with E-state index in [1.165, 1.54) is 0 Å². The minimum absolute atomic E-state index is 0.0800. The van der Waals surface area contributed by atoms with Gasteiger partial charge in [0, 0.05) is 37.9 Å². The Bertz CT molecular complexity index is 853. The van der Waals surface area contributed by atoms with Crippen molar-refractivity contribution in [2.75, 3.05) is 36.3 Å². The van der Waals surface area contributed by atoms with Crippen molar-refractivity contribution in [3.8, 4) is 0 Å². The van der Waals surface area contributed by atoms with Crippen LogP contribution < -0.4 is 15.1 Å². The third kappa shape index (κ3) is 2.91. The highest BCUT2D eigenvalue weighted by molar-refractivity contribution is 6.08. The number of urea groups is 1. The van der Waals surface area contributed by atoms with Crippen LogP contribution in [0.4, 0.5) is 21.9 Å². The van der Waals surface area contributed by atoms with Gasteiger partial charge < -0.3 is 5.32 Å². The van der Waals surface area contributed by atoms with Crippen molar-refractivity contribution in [3.05, 3.63) is 66.7 Å². The highest BCUT2D eigenvalue weighted by atomic mass is 16.2. The molecule has 3 aromatic rings. The quantitative estimate of drug-likeness (QED) is 0.767. The summed E-state index contributed by atoms with van der Waals surface area (Å²) in [5, 5.41) is 5.26. The van der Waals surface area contributed by atoms with E-state index in [2.05, 4.69) is 17.4 Å². The Morgan fingerprint density at radius 1 is 0.833 bits per heavy atom. The standard InChI is InChI=1S/C20H21N3O/c1-21-16-11-13-17(14-12-16)22(2)20(24)23(3)19-10-6-8-15-7-4-5-9-18(15)19/h4-14,21H,1-3H3. The monoisotopic (exact) mass is 319 g/mol. The Hall–Kier alpha value is -3.01. The zero-order valence-corrected chi connectivity index (χ0v) is 14.2. The number of anilines is 3. The number of benzene rings is 3. The average Bonchev–Trinajstić information content (AvgIpc) is 2.66. The Morgan fingerprint density at radius 3 is 2.21 bits per heavy atom. The first-order valence-corrected chi connectivity index (χ1v) is 7.89. The van der Waals surface area contributed by atoms with Crippen molar-refractivity contribution in [3.63, 3.8) is 0 Å². The zero-order valence-electron chi connectivity index (χ0n) is 14.2. The Morgan fingerprint density at radius 2 is 1.50 bits per heavy atom. The second kappa shape index (κ2) is 6.62. The molecule has 0 unspecified atom stereocenters. The lowest BCUT2D eigenvalue weighted by Crippen LogP contribution is -2.39. The van der Waals surface area contributed by atoms with E-state index in [1.54, 1.807) is 16.8 Å². The molecule has 0 aromatic heterocycles. The summed E-state index contributed by atoms with van der Waals surface area (Å²) in [5.74, 6) is 0. The van der Waals surface area contributed by atoms with Gasteiger partial charge in [0.1, 0.15) is 0 Å². The molecule has 0 atom stereocenters. The normalized spacial score (nSPS) is 10.5. The molecule has 0 spiro atoms. The molecule has 0 bridgehead atoms. The number of amides is 2. The predicted octanol–water partition coefficient (Wildman–Crippen LogP) is 4.57. The number of rotatable bonds is 3. The summed E-state index contributed by atoms with van der Waals surface area (Å²) in [6.45, 7) is 0. The fraction of sp³-hybridized carbons (Fsp3) is 0.150. The molecule has 0 heterocycles. The van der Waals surface area contributed by atoms with E-state index in [0.29, 0.717) is 0 Å². The number of nitrogens with zero attached hydrogens (tertiary/aromatic N) is 2. The molecule has 0 radical (unpaired) electrons. The molecular weight excluding hydrogens is 298 g/mol. The fourth-order valence-corrected chi connectivity index (χ4v) is 2.79. The number of fused-ring (bicyclic) bond motifs is 1. The molecule has 0 fully saturated rings. The van der Waals surface area contributed by atoms with Crippen molar-refractivity contribution >= 4 is 33.9 Å². The van der Waals surface area contributed by atoms with E-state index in [0.717, 1.165) is 27.8 Å². The molecular formula is C20H21N3O. The minimum atomic E-state index is -0.0800. The van der Waals surface area contributed by atoms with Gasteiger partial charge in [-0.1, -0.05) is 36.4 Å². The summed E-state index contributed by atoms with van der Waals surface area (Å²) in [6.07, 6.45) is 0. The van der Waals surface area contributed by atoms with Gasteiger partial charge in [-0.15, -0.1) is 0 Å².